The van der Waals surface area contributed by atoms with Gasteiger partial charge in [0, 0.05) is 28.4 Å². The highest BCUT2D eigenvalue weighted by molar-refractivity contribution is 7.89. The normalized spacial score (nSPS) is 14.0. The summed E-state index contributed by atoms with van der Waals surface area (Å²) in [5.74, 6) is -0.778. The van der Waals surface area contributed by atoms with Crippen LogP contribution in [0.3, 0.4) is 0 Å². The van der Waals surface area contributed by atoms with Crippen molar-refractivity contribution < 1.29 is 13.3 Å². The number of hydrogen-bond acceptors (Lipinski definition) is 8. The standard InChI is InChI=1S/C26H25F2N7OS/c1-5-15(2)18-13-22(24-19(27)7-6-8-20(24)28)32-34-25(18)16(3)21-11-12-29-26(31-21)17-9-10-23(30-14-17)33-35-37(4)36/h6-16H,5H2,1-4H3/b35-33+/t15-,16?,37?/m0/s1. The lowest BCUT2D eigenvalue weighted by Crippen LogP contribution is -2.11. The third kappa shape index (κ3) is 6.00. The molecule has 0 aliphatic heterocycles. The highest BCUT2D eigenvalue weighted by Crippen LogP contribution is 2.34. The van der Waals surface area contributed by atoms with Gasteiger partial charge in [-0.3, -0.25) is 0 Å². The zero-order valence-corrected chi connectivity index (χ0v) is 21.6. The molecular weight excluding hydrogens is 496 g/mol. The Morgan fingerprint density at radius 3 is 2.43 bits per heavy atom. The molecule has 0 fully saturated rings. The van der Waals surface area contributed by atoms with E-state index in [4.69, 9.17) is 4.98 Å². The van der Waals surface area contributed by atoms with Gasteiger partial charge in [0.2, 0.25) is 0 Å². The summed E-state index contributed by atoms with van der Waals surface area (Å²) in [6, 6.07) is 10.6. The van der Waals surface area contributed by atoms with Gasteiger partial charge in [-0.15, -0.1) is 0 Å². The van der Waals surface area contributed by atoms with Crippen LogP contribution < -0.4 is 0 Å². The first-order chi connectivity index (χ1) is 17.8. The van der Waals surface area contributed by atoms with Crippen molar-refractivity contribution in [2.45, 2.75) is 39.0 Å². The van der Waals surface area contributed by atoms with Gasteiger partial charge in [-0.05, 0) is 54.3 Å². The predicted molar refractivity (Wildman–Crippen MR) is 137 cm³/mol. The van der Waals surface area contributed by atoms with Gasteiger partial charge in [-0.2, -0.15) is 10.2 Å². The number of rotatable bonds is 8. The smallest absolute Gasteiger partial charge is 0.178 e. The highest BCUT2D eigenvalue weighted by atomic mass is 32.2. The summed E-state index contributed by atoms with van der Waals surface area (Å²) in [5.41, 5.74) is 2.88. The monoisotopic (exact) mass is 521 g/mol. The molecule has 4 rings (SSSR count). The van der Waals surface area contributed by atoms with E-state index in [2.05, 4.69) is 29.8 Å². The molecule has 1 aromatic carbocycles. The van der Waals surface area contributed by atoms with Crippen molar-refractivity contribution in [2.75, 3.05) is 6.26 Å². The zero-order valence-electron chi connectivity index (χ0n) is 20.8. The largest absolute Gasteiger partial charge is 0.590 e. The maximum atomic E-state index is 14.4. The van der Waals surface area contributed by atoms with E-state index in [0.717, 1.165) is 12.0 Å². The molecule has 0 aliphatic rings. The van der Waals surface area contributed by atoms with Gasteiger partial charge >= 0.3 is 0 Å². The van der Waals surface area contributed by atoms with E-state index in [1.807, 2.05) is 20.8 Å². The van der Waals surface area contributed by atoms with Crippen LogP contribution in [0.25, 0.3) is 22.6 Å². The van der Waals surface area contributed by atoms with Crippen molar-refractivity contribution in [2.24, 2.45) is 9.63 Å². The quantitative estimate of drug-likeness (QED) is 0.198. The summed E-state index contributed by atoms with van der Waals surface area (Å²) in [6.07, 6.45) is 5.45. The molecule has 0 spiro atoms. The van der Waals surface area contributed by atoms with Crippen LogP contribution in [0.4, 0.5) is 14.6 Å². The van der Waals surface area contributed by atoms with Gasteiger partial charge in [-0.1, -0.05) is 32.0 Å². The van der Waals surface area contributed by atoms with Crippen LogP contribution in [0.2, 0.25) is 0 Å². The maximum absolute atomic E-state index is 14.4. The Labute approximate surface area is 216 Å². The average molecular weight is 522 g/mol. The molecule has 0 bridgehead atoms. The minimum Gasteiger partial charge on any atom is -0.590 e. The molecule has 8 nitrogen and oxygen atoms in total. The Morgan fingerprint density at radius 2 is 1.78 bits per heavy atom. The Kier molecular flexibility index (Phi) is 8.24. The molecule has 37 heavy (non-hydrogen) atoms. The van der Waals surface area contributed by atoms with Gasteiger partial charge in [0.25, 0.3) is 0 Å². The van der Waals surface area contributed by atoms with E-state index >= 15 is 0 Å². The minimum atomic E-state index is -1.41. The second-order valence-electron chi connectivity index (χ2n) is 8.51. The van der Waals surface area contributed by atoms with E-state index in [-0.39, 0.29) is 23.1 Å². The molecule has 190 valence electrons. The van der Waals surface area contributed by atoms with Crippen LogP contribution in [0.5, 0.6) is 0 Å². The summed E-state index contributed by atoms with van der Waals surface area (Å²) in [5, 5.41) is 12.4. The van der Waals surface area contributed by atoms with Crippen molar-refractivity contribution in [3.05, 3.63) is 83.4 Å². The second kappa shape index (κ2) is 11.6. The summed E-state index contributed by atoms with van der Waals surface area (Å²) in [6.45, 7) is 6.04. The van der Waals surface area contributed by atoms with Gasteiger partial charge in [0.15, 0.2) is 11.6 Å². The number of benzene rings is 1. The van der Waals surface area contributed by atoms with Crippen LogP contribution in [0.1, 0.15) is 56.0 Å². The Bertz CT molecular complexity index is 1400. The first-order valence-electron chi connectivity index (χ1n) is 11.6. The van der Waals surface area contributed by atoms with E-state index in [0.29, 0.717) is 28.6 Å². The molecule has 3 atom stereocenters. The number of halogens is 2. The summed E-state index contributed by atoms with van der Waals surface area (Å²) < 4.78 is 43.5. The molecule has 0 aliphatic carbocycles. The van der Waals surface area contributed by atoms with Crippen molar-refractivity contribution in [3.63, 3.8) is 0 Å². The molecule has 2 unspecified atom stereocenters. The van der Waals surface area contributed by atoms with Gasteiger partial charge < -0.3 is 4.55 Å². The van der Waals surface area contributed by atoms with Gasteiger partial charge in [-0.25, -0.2) is 23.7 Å². The lowest BCUT2D eigenvalue weighted by molar-refractivity contribution is 0.587. The molecule has 11 heteroatoms. The predicted octanol–water partition coefficient (Wildman–Crippen LogP) is 6.32. The third-order valence-corrected chi connectivity index (χ3v) is 6.32. The van der Waals surface area contributed by atoms with Crippen LogP contribution in [0.15, 0.2) is 64.5 Å². The fraction of sp³-hybridized carbons (Fsp3) is 0.269. The fourth-order valence-corrected chi connectivity index (χ4v) is 4.00. The summed E-state index contributed by atoms with van der Waals surface area (Å²) >= 11 is -1.41. The van der Waals surface area contributed by atoms with Crippen LogP contribution in [0, 0.1) is 11.6 Å². The SMILES string of the molecule is CC[C@H](C)c1cc(-c2c(F)cccc2F)nnc1C(C)c1ccnc(-c2ccc(/N=N/[S+](C)[O-])nc2)n1. The highest BCUT2D eigenvalue weighted by Gasteiger charge is 2.23. The Morgan fingerprint density at radius 1 is 1.03 bits per heavy atom. The van der Waals surface area contributed by atoms with E-state index < -0.39 is 23.0 Å². The third-order valence-electron chi connectivity index (χ3n) is 6.01. The lowest BCUT2D eigenvalue weighted by atomic mass is 9.89. The van der Waals surface area contributed by atoms with E-state index in [1.165, 1.54) is 24.5 Å². The number of aromatic nitrogens is 5. The molecule has 0 radical (unpaired) electrons. The van der Waals surface area contributed by atoms with Gasteiger partial charge in [0.05, 0.1) is 22.6 Å². The number of nitrogens with zero attached hydrogens (tertiary/aromatic N) is 7. The molecule has 0 saturated carbocycles. The summed E-state index contributed by atoms with van der Waals surface area (Å²) in [4.78, 5) is 13.3. The minimum absolute atomic E-state index is 0.0752. The van der Waals surface area contributed by atoms with Crippen LogP contribution in [-0.2, 0) is 11.4 Å². The number of pyridine rings is 1. The molecular formula is C26H25F2N7OS. The summed E-state index contributed by atoms with van der Waals surface area (Å²) in [7, 11) is 0. The van der Waals surface area contributed by atoms with E-state index in [1.54, 1.807) is 36.7 Å². The van der Waals surface area contributed by atoms with Gasteiger partial charge in [0.1, 0.15) is 29.3 Å². The maximum Gasteiger partial charge on any atom is 0.178 e. The van der Waals surface area contributed by atoms with Crippen molar-refractivity contribution in [1.82, 2.24) is 25.1 Å². The molecule has 3 aromatic heterocycles. The average Bonchev–Trinajstić information content (AvgIpc) is 2.91. The van der Waals surface area contributed by atoms with Crippen molar-refractivity contribution in [3.8, 4) is 22.6 Å². The lowest BCUT2D eigenvalue weighted by Gasteiger charge is -2.19. The zero-order chi connectivity index (χ0) is 26.5. The van der Waals surface area contributed by atoms with Crippen molar-refractivity contribution >= 4 is 17.2 Å². The Balaban J connectivity index is 1.69. The second-order valence-corrected chi connectivity index (χ2v) is 9.52. The Hall–Kier alpha value is -3.70. The molecule has 4 aromatic rings. The van der Waals surface area contributed by atoms with Crippen LogP contribution in [-0.4, -0.2) is 36.0 Å². The molecule has 3 heterocycles. The number of hydrogen-bond donors (Lipinski definition) is 0. The van der Waals surface area contributed by atoms with Crippen LogP contribution >= 0.6 is 0 Å². The topological polar surface area (TPSA) is 112 Å². The molecule has 0 amide bonds. The molecule has 0 N–H and O–H groups in total. The first-order valence-corrected chi connectivity index (χ1v) is 13.2. The van der Waals surface area contributed by atoms with E-state index in [9.17, 15) is 13.3 Å². The fourth-order valence-electron chi connectivity index (χ4n) is 3.80. The molecule has 0 saturated heterocycles. The van der Waals surface area contributed by atoms with Crippen molar-refractivity contribution in [1.29, 1.82) is 0 Å². The first kappa shape index (κ1) is 26.4.